The van der Waals surface area contributed by atoms with E-state index in [2.05, 4.69) is 37.2 Å². The lowest BCUT2D eigenvalue weighted by Gasteiger charge is -2.18. The molecule has 0 aromatic heterocycles. The van der Waals surface area contributed by atoms with Crippen LogP contribution >= 0.6 is 43.5 Å². The first-order valence-corrected chi connectivity index (χ1v) is 6.57. The maximum absolute atomic E-state index is 11.7. The molecule has 0 bridgehead atoms. The van der Waals surface area contributed by atoms with Gasteiger partial charge in [0.2, 0.25) is 5.91 Å². The minimum absolute atomic E-state index is 0.0957. The Labute approximate surface area is 111 Å². The van der Waals surface area contributed by atoms with Crippen LogP contribution in [0.25, 0.3) is 0 Å². The molecule has 0 aliphatic heterocycles. The highest BCUT2D eigenvalue weighted by Gasteiger charge is 2.28. The topological polar surface area (TPSA) is 29.1 Å². The van der Waals surface area contributed by atoms with Gasteiger partial charge >= 0.3 is 0 Å². The van der Waals surface area contributed by atoms with Crippen LogP contribution in [0, 0.1) is 0 Å². The van der Waals surface area contributed by atoms with E-state index in [0.29, 0.717) is 10.4 Å². The van der Waals surface area contributed by atoms with Crippen molar-refractivity contribution in [2.45, 2.75) is 11.2 Å². The second-order valence-electron chi connectivity index (χ2n) is 3.29. The molecule has 1 N–H and O–H groups in total. The van der Waals surface area contributed by atoms with Gasteiger partial charge in [-0.1, -0.05) is 43.5 Å². The van der Waals surface area contributed by atoms with Crippen LogP contribution in [0.5, 0.6) is 0 Å². The number of hydrogen-bond donors (Lipinski definition) is 1. The monoisotopic (exact) mass is 353 g/mol. The van der Waals surface area contributed by atoms with Gasteiger partial charge in [-0.25, -0.2) is 0 Å². The number of rotatable bonds is 3. The summed E-state index contributed by atoms with van der Waals surface area (Å²) in [6.45, 7) is 1.80. The number of anilines is 1. The van der Waals surface area contributed by atoms with Gasteiger partial charge in [-0.3, -0.25) is 4.79 Å². The third kappa shape index (κ3) is 3.78. The molecule has 1 aromatic rings. The average Bonchev–Trinajstić information content (AvgIpc) is 2.21. The summed E-state index contributed by atoms with van der Waals surface area (Å²) >= 11 is 12.3. The van der Waals surface area contributed by atoms with E-state index in [1.807, 2.05) is 0 Å². The molecule has 0 aliphatic carbocycles. The fourth-order valence-corrected chi connectivity index (χ4v) is 1.34. The highest BCUT2D eigenvalue weighted by molar-refractivity contribution is 9.12. The maximum Gasteiger partial charge on any atom is 0.241 e. The zero-order chi connectivity index (χ0) is 11.5. The third-order valence-electron chi connectivity index (χ3n) is 1.83. The lowest BCUT2D eigenvalue weighted by molar-refractivity contribution is -0.117. The van der Waals surface area contributed by atoms with E-state index in [4.69, 9.17) is 11.6 Å². The molecule has 1 amide bonds. The number of hydrogen-bond acceptors (Lipinski definition) is 1. The van der Waals surface area contributed by atoms with Gasteiger partial charge in [-0.05, 0) is 31.2 Å². The minimum Gasteiger partial charge on any atom is -0.325 e. The van der Waals surface area contributed by atoms with Crippen molar-refractivity contribution in [3.8, 4) is 0 Å². The lowest BCUT2D eigenvalue weighted by atomic mass is 10.2. The van der Waals surface area contributed by atoms with Gasteiger partial charge in [0, 0.05) is 16.0 Å². The molecule has 2 nitrogen and oxygen atoms in total. The standard InChI is InChI=1S/C10H10Br2ClNO/c1-10(12,6-11)9(15)14-8-4-2-7(13)3-5-8/h2-5H,6H2,1H3,(H,14,15). The summed E-state index contributed by atoms with van der Waals surface area (Å²) in [5.41, 5.74) is 0.732. The first-order chi connectivity index (χ1) is 6.95. The van der Waals surface area contributed by atoms with Gasteiger partial charge in [0.25, 0.3) is 0 Å². The van der Waals surface area contributed by atoms with Crippen LogP contribution in [0.4, 0.5) is 5.69 Å². The molecule has 82 valence electrons. The number of carbonyl (C=O) groups excluding carboxylic acids is 1. The maximum atomic E-state index is 11.7. The highest BCUT2D eigenvalue weighted by Crippen LogP contribution is 2.22. The van der Waals surface area contributed by atoms with Gasteiger partial charge in [0.05, 0.1) is 0 Å². The molecule has 0 spiro atoms. The van der Waals surface area contributed by atoms with Crippen molar-refractivity contribution >= 4 is 55.1 Å². The molecule has 0 radical (unpaired) electrons. The van der Waals surface area contributed by atoms with Crippen LogP contribution in [0.1, 0.15) is 6.92 Å². The predicted molar refractivity (Wildman–Crippen MR) is 71.2 cm³/mol. The normalized spacial score (nSPS) is 14.4. The Kier molecular flexibility index (Phi) is 4.62. The Morgan fingerprint density at radius 1 is 1.47 bits per heavy atom. The van der Waals surface area contributed by atoms with E-state index in [1.54, 1.807) is 31.2 Å². The van der Waals surface area contributed by atoms with E-state index in [9.17, 15) is 4.79 Å². The molecule has 0 aliphatic rings. The smallest absolute Gasteiger partial charge is 0.241 e. The van der Waals surface area contributed by atoms with E-state index in [0.717, 1.165) is 5.69 Å². The Bertz CT molecular complexity index is 351. The predicted octanol–water partition coefficient (Wildman–Crippen LogP) is 3.83. The summed E-state index contributed by atoms with van der Waals surface area (Å²) in [7, 11) is 0. The minimum atomic E-state index is -0.605. The van der Waals surface area contributed by atoms with Crippen molar-refractivity contribution in [2.75, 3.05) is 10.6 Å². The zero-order valence-electron chi connectivity index (χ0n) is 8.06. The molecule has 5 heteroatoms. The fourth-order valence-electron chi connectivity index (χ4n) is 0.855. The lowest BCUT2D eigenvalue weighted by Crippen LogP contribution is -2.35. The second-order valence-corrected chi connectivity index (χ2v) is 6.04. The molecular weight excluding hydrogens is 345 g/mol. The highest BCUT2D eigenvalue weighted by atomic mass is 79.9. The molecule has 0 fully saturated rings. The largest absolute Gasteiger partial charge is 0.325 e. The number of nitrogens with one attached hydrogen (secondary N) is 1. The summed E-state index contributed by atoms with van der Waals surface area (Å²) in [5.74, 6) is -0.0957. The zero-order valence-corrected chi connectivity index (χ0v) is 12.0. The Hall–Kier alpha value is -0.0600. The number of alkyl halides is 2. The average molecular weight is 355 g/mol. The van der Waals surface area contributed by atoms with Crippen LogP contribution in [0.15, 0.2) is 24.3 Å². The quantitative estimate of drug-likeness (QED) is 0.821. The fraction of sp³-hybridized carbons (Fsp3) is 0.300. The van der Waals surface area contributed by atoms with E-state index in [-0.39, 0.29) is 5.91 Å². The van der Waals surface area contributed by atoms with Gasteiger partial charge in [0.15, 0.2) is 0 Å². The Morgan fingerprint density at radius 2 is 2.00 bits per heavy atom. The number of amides is 1. The van der Waals surface area contributed by atoms with E-state index >= 15 is 0 Å². The van der Waals surface area contributed by atoms with Crippen LogP contribution in [0.3, 0.4) is 0 Å². The van der Waals surface area contributed by atoms with E-state index < -0.39 is 4.32 Å². The van der Waals surface area contributed by atoms with Crippen LogP contribution in [-0.2, 0) is 4.79 Å². The number of carbonyl (C=O) groups is 1. The third-order valence-corrected chi connectivity index (χ3v) is 4.59. The molecular formula is C10H10Br2ClNO. The summed E-state index contributed by atoms with van der Waals surface area (Å²) in [5, 5.41) is 3.98. The van der Waals surface area contributed by atoms with Crippen LogP contribution < -0.4 is 5.32 Å². The van der Waals surface area contributed by atoms with Gasteiger partial charge in [-0.15, -0.1) is 0 Å². The summed E-state index contributed by atoms with van der Waals surface area (Å²) in [4.78, 5) is 11.7. The van der Waals surface area contributed by atoms with Crippen molar-refractivity contribution < 1.29 is 4.79 Å². The molecule has 0 saturated heterocycles. The molecule has 0 saturated carbocycles. The van der Waals surface area contributed by atoms with Crippen molar-refractivity contribution in [3.63, 3.8) is 0 Å². The summed E-state index contributed by atoms with van der Waals surface area (Å²) in [6.07, 6.45) is 0. The van der Waals surface area contributed by atoms with Crippen molar-refractivity contribution in [3.05, 3.63) is 29.3 Å². The van der Waals surface area contributed by atoms with Crippen molar-refractivity contribution in [2.24, 2.45) is 0 Å². The SMILES string of the molecule is CC(Br)(CBr)C(=O)Nc1ccc(Cl)cc1. The Morgan fingerprint density at radius 3 is 2.47 bits per heavy atom. The first-order valence-electron chi connectivity index (χ1n) is 4.27. The second kappa shape index (κ2) is 5.32. The molecule has 0 heterocycles. The van der Waals surface area contributed by atoms with Gasteiger partial charge in [0.1, 0.15) is 4.32 Å². The van der Waals surface area contributed by atoms with Gasteiger partial charge in [-0.2, -0.15) is 0 Å². The molecule has 1 rings (SSSR count). The molecule has 15 heavy (non-hydrogen) atoms. The first kappa shape index (κ1) is 13.0. The summed E-state index contributed by atoms with van der Waals surface area (Å²) < 4.78 is -0.605. The molecule has 1 atom stereocenters. The summed E-state index contributed by atoms with van der Waals surface area (Å²) in [6, 6.07) is 6.99. The Balaban J connectivity index is 2.71. The van der Waals surface area contributed by atoms with Crippen LogP contribution in [-0.4, -0.2) is 15.6 Å². The molecule has 1 aromatic carbocycles. The van der Waals surface area contributed by atoms with Crippen molar-refractivity contribution in [1.82, 2.24) is 0 Å². The number of halogens is 3. The number of benzene rings is 1. The molecule has 1 unspecified atom stereocenters. The van der Waals surface area contributed by atoms with Crippen LogP contribution in [0.2, 0.25) is 5.02 Å². The van der Waals surface area contributed by atoms with Gasteiger partial charge < -0.3 is 5.32 Å². The van der Waals surface area contributed by atoms with Crippen molar-refractivity contribution in [1.29, 1.82) is 0 Å². The van der Waals surface area contributed by atoms with E-state index in [1.165, 1.54) is 0 Å².